The first-order valence-corrected chi connectivity index (χ1v) is 6.65. The van der Waals surface area contributed by atoms with Crippen molar-refractivity contribution in [3.05, 3.63) is 0 Å². The first-order valence-electron chi connectivity index (χ1n) is 2.53. The van der Waals surface area contributed by atoms with Crippen LogP contribution in [-0.2, 0) is 16.3 Å². The molecule has 0 saturated heterocycles. The number of hydrogen-bond donors (Lipinski definition) is 0. The van der Waals surface area contributed by atoms with Crippen molar-refractivity contribution >= 4 is 28.9 Å². The van der Waals surface area contributed by atoms with Gasteiger partial charge in [0.25, 0.3) is 0 Å². The van der Waals surface area contributed by atoms with E-state index in [9.17, 15) is 4.89 Å². The molecular formula is C4H10NaO2PS2. The normalized spacial score (nSPS) is 16.1. The second-order valence-corrected chi connectivity index (χ2v) is 8.41. The molecule has 0 aromatic rings. The molecule has 0 amide bonds. The van der Waals surface area contributed by atoms with Crippen molar-refractivity contribution < 1.29 is 39.0 Å². The molecule has 0 spiro atoms. The van der Waals surface area contributed by atoms with Crippen molar-refractivity contribution in [3.63, 3.8) is 0 Å². The molecule has 0 N–H and O–H groups in total. The predicted octanol–water partition coefficient (Wildman–Crippen LogP) is -1.64. The van der Waals surface area contributed by atoms with Crippen LogP contribution in [0.15, 0.2) is 0 Å². The van der Waals surface area contributed by atoms with Crippen molar-refractivity contribution in [1.29, 1.82) is 0 Å². The Hall–Kier alpha value is 1.92. The average molecular weight is 208 g/mol. The molecule has 0 aliphatic rings. The fraction of sp³-hybridized carbons (Fsp3) is 1.00. The van der Waals surface area contributed by atoms with Crippen LogP contribution < -0.4 is 34.5 Å². The molecule has 0 aliphatic heterocycles. The first-order chi connectivity index (χ1) is 3.98. The van der Waals surface area contributed by atoms with Gasteiger partial charge in [-0.25, -0.2) is 0 Å². The monoisotopic (exact) mass is 208 g/mol. The molecular weight excluding hydrogens is 198 g/mol. The fourth-order valence-electron chi connectivity index (χ4n) is 0.301. The maximum atomic E-state index is 10.9. The van der Waals surface area contributed by atoms with Gasteiger partial charge in [0.15, 0.2) is 0 Å². The predicted molar refractivity (Wildman–Crippen MR) is 44.0 cm³/mol. The third-order valence-electron chi connectivity index (χ3n) is 0.564. The van der Waals surface area contributed by atoms with Gasteiger partial charge in [-0.05, 0) is 0 Å². The summed E-state index contributed by atoms with van der Waals surface area (Å²) in [5.74, 6) is 0. The van der Waals surface area contributed by atoms with Crippen LogP contribution in [0, 0.1) is 0 Å². The van der Waals surface area contributed by atoms with Gasteiger partial charge in [0.1, 0.15) is 0 Å². The molecule has 0 aromatic carbocycles. The molecule has 6 heteroatoms. The number of rotatable bonds is 3. The summed E-state index contributed by atoms with van der Waals surface area (Å²) in [5.41, 5.74) is -2.73. The molecule has 0 bridgehead atoms. The zero-order valence-corrected chi connectivity index (χ0v) is 11.2. The van der Waals surface area contributed by atoms with E-state index in [4.69, 9.17) is 0 Å². The third kappa shape index (κ3) is 8.02. The first kappa shape index (κ1) is 14.4. The minimum atomic E-state index is -2.73. The Morgan fingerprint density at radius 2 is 2.00 bits per heavy atom. The van der Waals surface area contributed by atoms with Gasteiger partial charge in [-0.1, -0.05) is 25.7 Å². The van der Waals surface area contributed by atoms with Crippen molar-refractivity contribution in [2.24, 2.45) is 0 Å². The summed E-state index contributed by atoms with van der Waals surface area (Å²) in [6.07, 6.45) is 0. The second kappa shape index (κ2) is 6.44. The SMILES string of the molecule is COP([O-])(=S)SC(C)C.[Na+]. The Balaban J connectivity index is 0. The van der Waals surface area contributed by atoms with Crippen LogP contribution in [0.2, 0.25) is 0 Å². The zero-order valence-electron chi connectivity index (χ0n) is 6.66. The van der Waals surface area contributed by atoms with E-state index in [1.54, 1.807) is 0 Å². The van der Waals surface area contributed by atoms with E-state index >= 15 is 0 Å². The van der Waals surface area contributed by atoms with E-state index < -0.39 is 5.69 Å². The summed E-state index contributed by atoms with van der Waals surface area (Å²) in [4.78, 5) is 10.9. The summed E-state index contributed by atoms with van der Waals surface area (Å²) in [6.45, 7) is 3.87. The molecule has 56 valence electrons. The Bertz CT molecular complexity index is 130. The minimum absolute atomic E-state index is 0. The molecule has 0 rings (SSSR count). The van der Waals surface area contributed by atoms with Gasteiger partial charge in [0, 0.05) is 18.1 Å². The molecule has 1 unspecified atom stereocenters. The quantitative estimate of drug-likeness (QED) is 0.411. The summed E-state index contributed by atoms with van der Waals surface area (Å²) in [7, 11) is 1.38. The van der Waals surface area contributed by atoms with Gasteiger partial charge in [-0.15, -0.1) is 11.4 Å². The molecule has 0 aliphatic carbocycles. The third-order valence-corrected chi connectivity index (χ3v) is 5.40. The van der Waals surface area contributed by atoms with E-state index in [2.05, 4.69) is 16.3 Å². The molecule has 0 saturated carbocycles. The standard InChI is InChI=1S/C4H11O2PS2.Na/c1-4(2)9-7(5,8)6-3;/h4H,1-3H3,(H,5,8);/q;+1/p-1. The Labute approximate surface area is 93.3 Å². The minimum Gasteiger partial charge on any atom is -0.793 e. The van der Waals surface area contributed by atoms with E-state index in [-0.39, 0.29) is 34.8 Å². The molecule has 0 aromatic heterocycles. The summed E-state index contributed by atoms with van der Waals surface area (Å²) < 4.78 is 4.58. The molecule has 0 radical (unpaired) electrons. The molecule has 0 fully saturated rings. The molecule has 2 nitrogen and oxygen atoms in total. The Kier molecular flexibility index (Phi) is 9.30. The summed E-state index contributed by atoms with van der Waals surface area (Å²) in [6, 6.07) is 0. The maximum absolute atomic E-state index is 10.9. The molecule has 0 heterocycles. The molecule has 10 heavy (non-hydrogen) atoms. The van der Waals surface area contributed by atoms with Crippen LogP contribution in [0.4, 0.5) is 0 Å². The van der Waals surface area contributed by atoms with Gasteiger partial charge >= 0.3 is 29.6 Å². The van der Waals surface area contributed by atoms with E-state index in [1.165, 1.54) is 18.5 Å². The van der Waals surface area contributed by atoms with Gasteiger partial charge in [-0.3, -0.25) is 0 Å². The van der Waals surface area contributed by atoms with Gasteiger partial charge in [0.05, 0.1) is 0 Å². The van der Waals surface area contributed by atoms with Crippen molar-refractivity contribution in [3.8, 4) is 0 Å². The van der Waals surface area contributed by atoms with Gasteiger partial charge in [0.2, 0.25) is 0 Å². The van der Waals surface area contributed by atoms with Crippen molar-refractivity contribution in [1.82, 2.24) is 0 Å². The smallest absolute Gasteiger partial charge is 0.793 e. The van der Waals surface area contributed by atoms with Crippen LogP contribution in [0.5, 0.6) is 0 Å². The van der Waals surface area contributed by atoms with Crippen LogP contribution in [-0.4, -0.2) is 12.4 Å². The van der Waals surface area contributed by atoms with Crippen molar-refractivity contribution in [2.75, 3.05) is 7.11 Å². The Morgan fingerprint density at radius 1 is 1.60 bits per heavy atom. The zero-order chi connectivity index (χ0) is 7.49. The average Bonchev–Trinajstić information content (AvgIpc) is 1.63. The Morgan fingerprint density at radius 3 is 2.10 bits per heavy atom. The fourth-order valence-corrected chi connectivity index (χ4v) is 4.26. The molecule has 1 atom stereocenters. The van der Waals surface area contributed by atoms with E-state index in [1.807, 2.05) is 13.8 Å². The van der Waals surface area contributed by atoms with Crippen LogP contribution in [0.25, 0.3) is 0 Å². The van der Waals surface area contributed by atoms with Crippen LogP contribution >= 0.6 is 17.1 Å². The summed E-state index contributed by atoms with van der Waals surface area (Å²) >= 11 is 5.82. The van der Waals surface area contributed by atoms with E-state index in [0.717, 1.165) is 0 Å². The van der Waals surface area contributed by atoms with E-state index in [0.29, 0.717) is 0 Å². The van der Waals surface area contributed by atoms with Gasteiger partial charge in [-0.2, -0.15) is 0 Å². The second-order valence-electron chi connectivity index (χ2n) is 1.78. The summed E-state index contributed by atoms with van der Waals surface area (Å²) in [5, 5.41) is 0.272. The number of hydrogen-bond acceptors (Lipinski definition) is 4. The van der Waals surface area contributed by atoms with Gasteiger partial charge < -0.3 is 9.42 Å². The maximum Gasteiger partial charge on any atom is 1.00 e. The largest absolute Gasteiger partial charge is 1.00 e. The topological polar surface area (TPSA) is 32.3 Å². The van der Waals surface area contributed by atoms with Crippen LogP contribution in [0.1, 0.15) is 13.8 Å². The van der Waals surface area contributed by atoms with Crippen molar-refractivity contribution in [2.45, 2.75) is 19.1 Å². The van der Waals surface area contributed by atoms with Crippen LogP contribution in [0.3, 0.4) is 0 Å².